The molecule has 180 valence electrons. The molecule has 0 bridgehead atoms. The Bertz CT molecular complexity index is 1200. The molecule has 0 saturated carbocycles. The third-order valence-corrected chi connectivity index (χ3v) is 7.26. The Labute approximate surface area is 208 Å². The highest BCUT2D eigenvalue weighted by molar-refractivity contribution is 6.38. The average Bonchev–Trinajstić information content (AvgIpc) is 3.39. The van der Waals surface area contributed by atoms with Crippen molar-refractivity contribution >= 4 is 13.2 Å². The molecule has 4 rings (SSSR count). The quantitative estimate of drug-likeness (QED) is 0.276. The molecule has 2 atom stereocenters. The molecule has 1 fully saturated rings. The molecule has 0 spiro atoms. The van der Waals surface area contributed by atoms with Gasteiger partial charge < -0.3 is 5.32 Å². The third kappa shape index (κ3) is 6.42. The first-order valence-corrected chi connectivity index (χ1v) is 12.6. The second-order valence-electron chi connectivity index (χ2n) is 9.91. The van der Waals surface area contributed by atoms with Gasteiger partial charge in [0.05, 0.1) is 6.20 Å². The predicted octanol–water partition coefficient (Wildman–Crippen LogP) is 5.42. The molecular weight excluding hydrogens is 436 g/mol. The Hall–Kier alpha value is -3.33. The fourth-order valence-electron chi connectivity index (χ4n) is 5.21. The van der Waals surface area contributed by atoms with E-state index in [0.717, 1.165) is 42.4 Å². The number of hydrogen-bond donors (Lipinski definition) is 2. The number of nitrogens with one attached hydrogen (secondary N) is 2. The van der Waals surface area contributed by atoms with E-state index >= 15 is 0 Å². The van der Waals surface area contributed by atoms with Crippen LogP contribution < -0.4 is 5.32 Å². The standard InChI is InChI=1S/C29H33BFN3O/c1-3-25-18-29(2,14-15-30-25)27-13-10-24(28(35)32-16-4-5-22-19-33-34-20-22)17-23(27)9-6-21-7-11-26(31)12-8-21/h7-8,10-13,17,19-20,25,30H,3-5,14-16,18H2,1-2H3,(H,32,35)(H,33,34). The number of H-pyrrole nitrogens is 1. The van der Waals surface area contributed by atoms with Crippen LogP contribution in [0, 0.1) is 17.7 Å². The van der Waals surface area contributed by atoms with Crippen LogP contribution in [0.1, 0.15) is 72.1 Å². The maximum atomic E-state index is 13.3. The molecule has 1 aromatic heterocycles. The van der Waals surface area contributed by atoms with Crippen LogP contribution in [0.5, 0.6) is 0 Å². The molecule has 3 aromatic rings. The molecule has 0 radical (unpaired) electrons. The largest absolute Gasteiger partial charge is 0.352 e. The molecule has 35 heavy (non-hydrogen) atoms. The maximum absolute atomic E-state index is 13.3. The lowest BCUT2D eigenvalue weighted by atomic mass is 9.48. The normalized spacial score (nSPS) is 19.3. The van der Waals surface area contributed by atoms with Gasteiger partial charge >= 0.3 is 0 Å². The number of benzene rings is 2. The molecule has 2 aromatic carbocycles. The van der Waals surface area contributed by atoms with E-state index in [1.165, 1.54) is 37.7 Å². The van der Waals surface area contributed by atoms with Crippen LogP contribution in [0.4, 0.5) is 4.39 Å². The van der Waals surface area contributed by atoms with Crippen LogP contribution in [0.2, 0.25) is 12.1 Å². The van der Waals surface area contributed by atoms with Crippen molar-refractivity contribution < 1.29 is 9.18 Å². The van der Waals surface area contributed by atoms with Gasteiger partial charge in [0.1, 0.15) is 13.1 Å². The van der Waals surface area contributed by atoms with E-state index in [1.807, 2.05) is 24.5 Å². The second-order valence-corrected chi connectivity index (χ2v) is 9.91. The van der Waals surface area contributed by atoms with Crippen molar-refractivity contribution in [1.29, 1.82) is 0 Å². The van der Waals surface area contributed by atoms with Gasteiger partial charge in [-0.2, -0.15) is 5.10 Å². The number of carbonyl (C=O) groups excluding carboxylic acids is 1. The summed E-state index contributed by atoms with van der Waals surface area (Å²) in [5.74, 6) is 6.86. The van der Waals surface area contributed by atoms with Gasteiger partial charge in [-0.1, -0.05) is 56.7 Å². The Morgan fingerprint density at radius 2 is 2.09 bits per heavy atom. The number of carbonyl (C=O) groups is 1. The molecule has 1 amide bonds. The van der Waals surface area contributed by atoms with E-state index in [1.54, 1.807) is 12.1 Å². The van der Waals surface area contributed by atoms with Gasteiger partial charge in [0, 0.05) is 29.4 Å². The summed E-state index contributed by atoms with van der Waals surface area (Å²) in [6.07, 6.45) is 10.0. The Balaban J connectivity index is 1.56. The molecule has 1 aliphatic rings. The Morgan fingerprint density at radius 1 is 1.26 bits per heavy atom. The number of aromatic amines is 1. The van der Waals surface area contributed by atoms with Crippen molar-refractivity contribution in [2.45, 2.75) is 63.5 Å². The summed E-state index contributed by atoms with van der Waals surface area (Å²) in [5.41, 5.74) is 4.64. The minimum atomic E-state index is -0.275. The van der Waals surface area contributed by atoms with Crippen molar-refractivity contribution in [2.75, 3.05) is 6.54 Å². The highest BCUT2D eigenvalue weighted by Gasteiger charge is 2.35. The van der Waals surface area contributed by atoms with E-state index in [9.17, 15) is 9.18 Å². The number of hydrogen-bond acceptors (Lipinski definition) is 2. The van der Waals surface area contributed by atoms with Crippen molar-refractivity contribution in [3.05, 3.63) is 88.5 Å². The van der Waals surface area contributed by atoms with Gasteiger partial charge in [0.15, 0.2) is 0 Å². The van der Waals surface area contributed by atoms with E-state index in [0.29, 0.717) is 17.9 Å². The summed E-state index contributed by atoms with van der Waals surface area (Å²) in [6.45, 7) is 5.20. The lowest BCUT2D eigenvalue weighted by Gasteiger charge is -2.39. The van der Waals surface area contributed by atoms with Crippen LogP contribution in [-0.4, -0.2) is 29.9 Å². The molecule has 2 unspecified atom stereocenters. The zero-order valence-electron chi connectivity index (χ0n) is 20.7. The molecule has 2 heterocycles. The number of aryl methyl sites for hydroxylation is 1. The van der Waals surface area contributed by atoms with Crippen LogP contribution in [0.3, 0.4) is 0 Å². The maximum Gasteiger partial charge on any atom is 0.251 e. The summed E-state index contributed by atoms with van der Waals surface area (Å²) in [4.78, 5) is 12.9. The Morgan fingerprint density at radius 3 is 2.83 bits per heavy atom. The van der Waals surface area contributed by atoms with Crippen molar-refractivity contribution in [3.63, 3.8) is 0 Å². The zero-order chi connectivity index (χ0) is 24.7. The molecule has 6 heteroatoms. The fourth-order valence-corrected chi connectivity index (χ4v) is 5.21. The number of aromatic nitrogens is 2. The third-order valence-electron chi connectivity index (χ3n) is 7.26. The van der Waals surface area contributed by atoms with E-state index < -0.39 is 0 Å². The molecule has 2 N–H and O–H groups in total. The summed E-state index contributed by atoms with van der Waals surface area (Å²) in [7, 11) is 1.28. The number of amides is 1. The number of rotatable bonds is 7. The average molecular weight is 469 g/mol. The SMILES string of the molecule is CCC1BCCC(C)(c2ccc(C(=O)NCCCc3cn[nH]c3)cc2C#Cc2ccc(F)cc2)C1. The zero-order valence-corrected chi connectivity index (χ0v) is 20.7. The van der Waals surface area contributed by atoms with Gasteiger partial charge in [-0.05, 0) is 72.2 Å². The van der Waals surface area contributed by atoms with Crippen LogP contribution >= 0.6 is 0 Å². The predicted molar refractivity (Wildman–Crippen MR) is 141 cm³/mol. The highest BCUT2D eigenvalue weighted by atomic mass is 19.1. The monoisotopic (exact) mass is 469 g/mol. The minimum absolute atomic E-state index is 0.0331. The van der Waals surface area contributed by atoms with Crippen molar-refractivity contribution in [1.82, 2.24) is 15.5 Å². The number of halogens is 1. The highest BCUT2D eigenvalue weighted by Crippen LogP contribution is 2.44. The number of nitrogens with zero attached hydrogens (tertiary/aromatic N) is 1. The smallest absolute Gasteiger partial charge is 0.251 e. The van der Waals surface area contributed by atoms with Gasteiger partial charge in [0.25, 0.3) is 5.91 Å². The second kappa shape index (κ2) is 11.4. The van der Waals surface area contributed by atoms with Crippen molar-refractivity contribution in [2.24, 2.45) is 0 Å². The summed E-state index contributed by atoms with van der Waals surface area (Å²) >= 11 is 0. The van der Waals surface area contributed by atoms with Gasteiger partial charge in [-0.3, -0.25) is 9.89 Å². The Kier molecular flexibility index (Phi) is 8.07. The van der Waals surface area contributed by atoms with Crippen LogP contribution in [-0.2, 0) is 11.8 Å². The van der Waals surface area contributed by atoms with Gasteiger partial charge in [0.2, 0.25) is 0 Å². The van der Waals surface area contributed by atoms with E-state index in [2.05, 4.69) is 47.3 Å². The van der Waals surface area contributed by atoms with Gasteiger partial charge in [-0.25, -0.2) is 4.39 Å². The fraction of sp³-hybridized carbons (Fsp3) is 0.379. The first-order valence-electron chi connectivity index (χ1n) is 12.6. The topological polar surface area (TPSA) is 57.8 Å². The van der Waals surface area contributed by atoms with Crippen LogP contribution in [0.15, 0.2) is 54.9 Å². The molecule has 1 aliphatic heterocycles. The molecule has 4 nitrogen and oxygen atoms in total. The van der Waals surface area contributed by atoms with Gasteiger partial charge in [-0.15, -0.1) is 0 Å². The lowest BCUT2D eigenvalue weighted by molar-refractivity contribution is 0.0953. The first-order chi connectivity index (χ1) is 17.0. The van der Waals surface area contributed by atoms with E-state index in [-0.39, 0.29) is 17.1 Å². The molecule has 1 saturated heterocycles. The summed E-state index contributed by atoms with van der Waals surface area (Å²) in [5, 5.41) is 9.80. The minimum Gasteiger partial charge on any atom is -0.352 e. The summed E-state index contributed by atoms with van der Waals surface area (Å²) < 4.78 is 13.3. The van der Waals surface area contributed by atoms with Crippen molar-refractivity contribution in [3.8, 4) is 11.8 Å². The molecule has 0 aliphatic carbocycles. The lowest BCUT2D eigenvalue weighted by Crippen LogP contribution is -2.32. The van der Waals surface area contributed by atoms with Crippen LogP contribution in [0.25, 0.3) is 0 Å². The summed E-state index contributed by atoms with van der Waals surface area (Å²) in [6, 6.07) is 12.2. The molecular formula is C29H33BFN3O. The van der Waals surface area contributed by atoms with E-state index in [4.69, 9.17) is 0 Å². The first kappa shape index (κ1) is 24.8.